The summed E-state index contributed by atoms with van der Waals surface area (Å²) in [5.74, 6) is -0.132. The van der Waals surface area contributed by atoms with Crippen LogP contribution in [-0.2, 0) is 9.53 Å². The summed E-state index contributed by atoms with van der Waals surface area (Å²) in [6.45, 7) is 9.19. The molecular weight excluding hydrogens is 384 g/mol. The zero-order valence-electron chi connectivity index (χ0n) is 15.8. The van der Waals surface area contributed by atoms with Crippen molar-refractivity contribution in [3.8, 4) is 6.07 Å². The lowest BCUT2D eigenvalue weighted by molar-refractivity contribution is -0.113. The Hall–Kier alpha value is -2.44. The molecule has 9 heteroatoms. The van der Waals surface area contributed by atoms with Crippen molar-refractivity contribution in [1.82, 2.24) is 9.97 Å². The number of hydrogen-bond acceptors (Lipinski definition) is 8. The van der Waals surface area contributed by atoms with Crippen LogP contribution in [0, 0.1) is 39.0 Å². The zero-order chi connectivity index (χ0) is 20.1. The van der Waals surface area contributed by atoms with Gasteiger partial charge in [-0.05, 0) is 40.2 Å². The van der Waals surface area contributed by atoms with E-state index in [0.717, 1.165) is 10.4 Å². The molecule has 1 amide bonds. The number of rotatable bonds is 6. The van der Waals surface area contributed by atoms with Crippen LogP contribution in [0.4, 0.5) is 5.00 Å². The van der Waals surface area contributed by atoms with Crippen LogP contribution in [0.25, 0.3) is 0 Å². The van der Waals surface area contributed by atoms with E-state index in [1.165, 1.54) is 23.1 Å². The van der Waals surface area contributed by atoms with E-state index in [0.29, 0.717) is 32.7 Å². The second kappa shape index (κ2) is 8.97. The summed E-state index contributed by atoms with van der Waals surface area (Å²) in [7, 11) is 0. The van der Waals surface area contributed by atoms with E-state index in [4.69, 9.17) is 4.74 Å². The molecule has 0 fully saturated rings. The fourth-order valence-corrected chi connectivity index (χ4v) is 4.31. The molecule has 0 bridgehead atoms. The number of thiophene rings is 1. The summed E-state index contributed by atoms with van der Waals surface area (Å²) in [6, 6.07) is 2.08. The van der Waals surface area contributed by atoms with E-state index < -0.39 is 5.97 Å². The summed E-state index contributed by atoms with van der Waals surface area (Å²) in [5, 5.41) is 13.0. The molecule has 0 atom stereocenters. The topological polar surface area (TPSA) is 105 Å². The van der Waals surface area contributed by atoms with Gasteiger partial charge >= 0.3 is 5.97 Å². The van der Waals surface area contributed by atoms with Crippen LogP contribution in [0.5, 0.6) is 0 Å². The van der Waals surface area contributed by atoms with Crippen molar-refractivity contribution >= 4 is 40.0 Å². The van der Waals surface area contributed by atoms with Crippen LogP contribution < -0.4 is 5.32 Å². The summed E-state index contributed by atoms with van der Waals surface area (Å²) >= 11 is 2.50. The van der Waals surface area contributed by atoms with Gasteiger partial charge in [-0.15, -0.1) is 11.3 Å². The molecule has 142 valence electrons. The van der Waals surface area contributed by atoms with E-state index in [1.54, 1.807) is 20.8 Å². The Kier molecular flexibility index (Phi) is 6.93. The highest BCUT2D eigenvalue weighted by Crippen LogP contribution is 2.33. The Balaban J connectivity index is 2.15. The second-order valence-electron chi connectivity index (χ2n) is 5.69. The Morgan fingerprint density at radius 3 is 2.59 bits per heavy atom. The molecule has 0 aliphatic carbocycles. The van der Waals surface area contributed by atoms with E-state index in [1.807, 2.05) is 13.8 Å². The Labute approximate surface area is 166 Å². The molecule has 0 aliphatic heterocycles. The number of thioether (sulfide) groups is 1. The fourth-order valence-electron chi connectivity index (χ4n) is 2.38. The van der Waals surface area contributed by atoms with Gasteiger partial charge in [-0.25, -0.2) is 14.8 Å². The summed E-state index contributed by atoms with van der Waals surface area (Å²) < 4.78 is 5.09. The quantitative estimate of drug-likeness (QED) is 0.446. The number of aromatic nitrogens is 2. The van der Waals surface area contributed by atoms with Gasteiger partial charge in [-0.2, -0.15) is 5.26 Å². The number of anilines is 1. The predicted molar refractivity (Wildman–Crippen MR) is 105 cm³/mol. The number of esters is 1. The highest BCUT2D eigenvalue weighted by atomic mass is 32.2. The van der Waals surface area contributed by atoms with Crippen molar-refractivity contribution < 1.29 is 14.3 Å². The molecule has 7 nitrogen and oxygen atoms in total. The molecular formula is C18H20N4O3S2. The second-order valence-corrected chi connectivity index (χ2v) is 7.88. The van der Waals surface area contributed by atoms with Crippen LogP contribution in [0.1, 0.15) is 44.8 Å². The van der Waals surface area contributed by atoms with Gasteiger partial charge in [0.15, 0.2) is 0 Å². The average molecular weight is 405 g/mol. The maximum absolute atomic E-state index is 12.4. The third-order valence-corrected chi connectivity index (χ3v) is 5.84. The predicted octanol–water partition coefficient (Wildman–Crippen LogP) is 3.55. The number of hydrogen-bond donors (Lipinski definition) is 1. The maximum atomic E-state index is 12.4. The lowest BCUT2D eigenvalue weighted by atomic mass is 10.1. The van der Waals surface area contributed by atoms with Gasteiger partial charge < -0.3 is 10.1 Å². The lowest BCUT2D eigenvalue weighted by Gasteiger charge is -2.08. The molecule has 0 aromatic carbocycles. The van der Waals surface area contributed by atoms with Crippen LogP contribution >= 0.6 is 23.1 Å². The van der Waals surface area contributed by atoms with Crippen molar-refractivity contribution in [3.05, 3.63) is 33.1 Å². The normalized spacial score (nSPS) is 10.4. The van der Waals surface area contributed by atoms with E-state index in [-0.39, 0.29) is 18.3 Å². The van der Waals surface area contributed by atoms with Crippen LogP contribution in [0.2, 0.25) is 0 Å². The van der Waals surface area contributed by atoms with Gasteiger partial charge in [0, 0.05) is 4.88 Å². The van der Waals surface area contributed by atoms with Gasteiger partial charge in [-0.3, -0.25) is 4.79 Å². The monoisotopic (exact) mass is 404 g/mol. The van der Waals surface area contributed by atoms with Crippen molar-refractivity contribution in [3.63, 3.8) is 0 Å². The number of amides is 1. The largest absolute Gasteiger partial charge is 0.462 e. The standard InChI is InChI=1S/C18H20N4O3S2/c1-6-25-18(24)15-9(2)11(4)27-17(15)22-14(23)8-26-16-13(7-19)10(3)20-12(5)21-16/h6,8H2,1-5H3,(H,22,23). The van der Waals surface area contributed by atoms with Crippen LogP contribution in [0.3, 0.4) is 0 Å². The Morgan fingerprint density at radius 2 is 1.96 bits per heavy atom. The molecule has 0 spiro atoms. The number of carbonyl (C=O) groups is 2. The van der Waals surface area contributed by atoms with Crippen molar-refractivity contribution in [1.29, 1.82) is 5.26 Å². The minimum Gasteiger partial charge on any atom is -0.462 e. The third kappa shape index (κ3) is 4.84. The molecule has 0 radical (unpaired) electrons. The summed E-state index contributed by atoms with van der Waals surface area (Å²) in [5.41, 5.74) is 2.15. The fraction of sp³-hybridized carbons (Fsp3) is 0.389. The minimum absolute atomic E-state index is 0.0584. The lowest BCUT2D eigenvalue weighted by Crippen LogP contribution is -2.16. The van der Waals surface area contributed by atoms with Crippen LogP contribution in [0.15, 0.2) is 5.03 Å². The molecule has 2 heterocycles. The van der Waals surface area contributed by atoms with E-state index in [2.05, 4.69) is 21.4 Å². The van der Waals surface area contributed by atoms with Gasteiger partial charge in [0.1, 0.15) is 27.5 Å². The first kappa shape index (κ1) is 20.9. The van der Waals surface area contributed by atoms with Gasteiger partial charge in [0.05, 0.1) is 23.6 Å². The SMILES string of the molecule is CCOC(=O)c1c(NC(=O)CSc2nc(C)nc(C)c2C#N)sc(C)c1C. The van der Waals surface area contributed by atoms with E-state index >= 15 is 0 Å². The third-order valence-electron chi connectivity index (χ3n) is 3.74. The summed E-state index contributed by atoms with van der Waals surface area (Å²) in [4.78, 5) is 34.0. The number of nitrogens with one attached hydrogen (secondary N) is 1. The van der Waals surface area contributed by atoms with Gasteiger partial charge in [0.25, 0.3) is 0 Å². The number of ether oxygens (including phenoxy) is 1. The number of nitrogens with zero attached hydrogens (tertiary/aromatic N) is 3. The smallest absolute Gasteiger partial charge is 0.341 e. The maximum Gasteiger partial charge on any atom is 0.341 e. The Morgan fingerprint density at radius 1 is 1.26 bits per heavy atom. The van der Waals surface area contributed by atoms with Gasteiger partial charge in [0.2, 0.25) is 5.91 Å². The highest BCUT2D eigenvalue weighted by molar-refractivity contribution is 8.00. The number of carbonyl (C=O) groups excluding carboxylic acids is 2. The first-order chi connectivity index (χ1) is 12.8. The van der Waals surface area contributed by atoms with E-state index in [9.17, 15) is 14.9 Å². The molecule has 2 rings (SSSR count). The molecule has 2 aromatic rings. The molecule has 0 aliphatic rings. The highest BCUT2D eigenvalue weighted by Gasteiger charge is 2.22. The first-order valence-corrected chi connectivity index (χ1v) is 10.0. The number of aryl methyl sites for hydroxylation is 3. The molecule has 0 saturated carbocycles. The summed E-state index contributed by atoms with van der Waals surface area (Å²) in [6.07, 6.45) is 0. The molecule has 0 unspecified atom stereocenters. The van der Waals surface area contributed by atoms with Gasteiger partial charge in [-0.1, -0.05) is 11.8 Å². The van der Waals surface area contributed by atoms with Crippen LogP contribution in [-0.4, -0.2) is 34.2 Å². The molecule has 27 heavy (non-hydrogen) atoms. The molecule has 1 N–H and O–H groups in total. The zero-order valence-corrected chi connectivity index (χ0v) is 17.4. The first-order valence-electron chi connectivity index (χ1n) is 8.23. The molecule has 0 saturated heterocycles. The van der Waals surface area contributed by atoms with Crippen molar-refractivity contribution in [2.45, 2.75) is 39.6 Å². The van der Waals surface area contributed by atoms with Crippen molar-refractivity contribution in [2.24, 2.45) is 0 Å². The minimum atomic E-state index is -0.448. The molecule has 2 aromatic heterocycles. The number of nitriles is 1. The average Bonchev–Trinajstić information content (AvgIpc) is 2.86. The Bertz CT molecular complexity index is 932. The van der Waals surface area contributed by atoms with Crippen molar-refractivity contribution in [2.75, 3.05) is 17.7 Å².